The average molecular weight is 207 g/mol. The van der Waals surface area contributed by atoms with E-state index < -0.39 is 12.2 Å². The third-order valence-electron chi connectivity index (χ3n) is 1.98. The first kappa shape index (κ1) is 11.0. The van der Waals surface area contributed by atoms with Crippen molar-refractivity contribution in [3.05, 3.63) is 17.5 Å². The molecular weight excluding hydrogens is 195 g/mol. The number of alkyl halides is 3. The monoisotopic (exact) mass is 207 g/mol. The summed E-state index contributed by atoms with van der Waals surface area (Å²) >= 11 is 0. The first-order chi connectivity index (χ1) is 6.30. The van der Waals surface area contributed by atoms with Crippen molar-refractivity contribution in [2.75, 3.05) is 0 Å². The Hall–Kier alpha value is -1.04. The molecule has 0 aromatic carbocycles. The molecule has 0 radical (unpaired) electrons. The van der Waals surface area contributed by atoms with Crippen LogP contribution < -0.4 is 5.73 Å². The van der Waals surface area contributed by atoms with Crippen molar-refractivity contribution in [1.82, 2.24) is 9.78 Å². The zero-order valence-electron chi connectivity index (χ0n) is 7.97. The number of hydrogen-bond donors (Lipinski definition) is 1. The van der Waals surface area contributed by atoms with Crippen LogP contribution in [0.3, 0.4) is 0 Å². The largest absolute Gasteiger partial charge is 0.403 e. The van der Waals surface area contributed by atoms with Gasteiger partial charge in [0.2, 0.25) is 0 Å². The lowest BCUT2D eigenvalue weighted by molar-refractivity contribution is -0.147. The fourth-order valence-electron chi connectivity index (χ4n) is 1.20. The number of aryl methyl sites for hydroxylation is 2. The number of rotatable bonds is 2. The van der Waals surface area contributed by atoms with Crippen molar-refractivity contribution in [3.8, 4) is 0 Å². The third kappa shape index (κ3) is 2.47. The van der Waals surface area contributed by atoms with Crippen LogP contribution in [0.4, 0.5) is 13.2 Å². The van der Waals surface area contributed by atoms with Crippen molar-refractivity contribution >= 4 is 0 Å². The Bertz CT molecular complexity index is 316. The molecule has 0 aliphatic carbocycles. The van der Waals surface area contributed by atoms with Gasteiger partial charge in [0.25, 0.3) is 0 Å². The minimum atomic E-state index is -4.34. The van der Waals surface area contributed by atoms with Crippen LogP contribution in [0.2, 0.25) is 0 Å². The van der Waals surface area contributed by atoms with Crippen LogP contribution in [-0.4, -0.2) is 22.0 Å². The lowest BCUT2D eigenvalue weighted by atomic mass is 10.1. The molecule has 0 saturated heterocycles. The van der Waals surface area contributed by atoms with Gasteiger partial charge in [0.1, 0.15) is 6.04 Å². The predicted octanol–water partition coefficient (Wildman–Crippen LogP) is 1.16. The van der Waals surface area contributed by atoms with Gasteiger partial charge in [-0.1, -0.05) is 0 Å². The SMILES string of the molecule is Cc1nn(C)cc1CC(N)C(F)(F)F. The maximum atomic E-state index is 12.1. The van der Waals surface area contributed by atoms with Gasteiger partial charge in [0, 0.05) is 13.2 Å². The van der Waals surface area contributed by atoms with E-state index in [-0.39, 0.29) is 6.42 Å². The van der Waals surface area contributed by atoms with Crippen LogP contribution >= 0.6 is 0 Å². The average Bonchev–Trinajstić information content (AvgIpc) is 2.28. The fourth-order valence-corrected chi connectivity index (χ4v) is 1.20. The van der Waals surface area contributed by atoms with Gasteiger partial charge in [-0.25, -0.2) is 0 Å². The van der Waals surface area contributed by atoms with Gasteiger partial charge in [0.15, 0.2) is 0 Å². The van der Waals surface area contributed by atoms with Crippen LogP contribution in [0.15, 0.2) is 6.20 Å². The molecule has 1 aromatic heterocycles. The van der Waals surface area contributed by atoms with Gasteiger partial charge < -0.3 is 5.73 Å². The molecule has 14 heavy (non-hydrogen) atoms. The molecule has 0 aliphatic rings. The molecule has 1 heterocycles. The van der Waals surface area contributed by atoms with Crippen molar-refractivity contribution in [3.63, 3.8) is 0 Å². The molecule has 2 N–H and O–H groups in total. The number of aromatic nitrogens is 2. The Labute approximate surface area is 79.7 Å². The second-order valence-electron chi connectivity index (χ2n) is 3.27. The second kappa shape index (κ2) is 3.61. The molecule has 0 bridgehead atoms. The summed E-state index contributed by atoms with van der Waals surface area (Å²) in [7, 11) is 1.66. The number of nitrogens with two attached hydrogens (primary N) is 1. The van der Waals surface area contributed by atoms with Gasteiger partial charge in [-0.2, -0.15) is 18.3 Å². The smallest absolute Gasteiger partial charge is 0.320 e. The first-order valence-corrected chi connectivity index (χ1v) is 4.12. The number of hydrogen-bond acceptors (Lipinski definition) is 2. The van der Waals surface area contributed by atoms with Gasteiger partial charge in [0.05, 0.1) is 5.69 Å². The van der Waals surface area contributed by atoms with E-state index >= 15 is 0 Å². The maximum Gasteiger partial charge on any atom is 0.403 e. The van der Waals surface area contributed by atoms with Gasteiger partial charge >= 0.3 is 6.18 Å². The molecule has 0 spiro atoms. The summed E-state index contributed by atoms with van der Waals surface area (Å²) in [5.41, 5.74) is 6.13. The minimum absolute atomic E-state index is 0.219. The first-order valence-electron chi connectivity index (χ1n) is 4.12. The zero-order valence-corrected chi connectivity index (χ0v) is 7.97. The van der Waals surface area contributed by atoms with E-state index in [1.165, 1.54) is 4.68 Å². The lowest BCUT2D eigenvalue weighted by Gasteiger charge is -2.14. The highest BCUT2D eigenvalue weighted by Gasteiger charge is 2.36. The third-order valence-corrected chi connectivity index (χ3v) is 1.98. The highest BCUT2D eigenvalue weighted by molar-refractivity contribution is 5.16. The summed E-state index contributed by atoms with van der Waals surface area (Å²) in [5, 5.41) is 3.94. The molecule has 0 saturated carbocycles. The van der Waals surface area contributed by atoms with Crippen molar-refractivity contribution in [2.24, 2.45) is 12.8 Å². The summed E-state index contributed by atoms with van der Waals surface area (Å²) in [6, 6.07) is -1.81. The summed E-state index contributed by atoms with van der Waals surface area (Å²) in [6.07, 6.45) is -3.01. The summed E-state index contributed by atoms with van der Waals surface area (Å²) in [5.74, 6) is 0. The van der Waals surface area contributed by atoms with Gasteiger partial charge in [-0.15, -0.1) is 0 Å². The van der Waals surface area contributed by atoms with E-state index in [0.717, 1.165) is 0 Å². The molecule has 6 heteroatoms. The van der Waals surface area contributed by atoms with E-state index in [2.05, 4.69) is 5.10 Å². The van der Waals surface area contributed by atoms with E-state index in [0.29, 0.717) is 11.3 Å². The normalized spacial score (nSPS) is 14.4. The highest BCUT2D eigenvalue weighted by Crippen LogP contribution is 2.22. The molecule has 1 rings (SSSR count). The van der Waals surface area contributed by atoms with Crippen LogP contribution in [0.5, 0.6) is 0 Å². The van der Waals surface area contributed by atoms with E-state index in [1.54, 1.807) is 20.2 Å². The van der Waals surface area contributed by atoms with Crippen LogP contribution in [0, 0.1) is 6.92 Å². The molecule has 1 aromatic rings. The Kier molecular flexibility index (Phi) is 2.84. The standard InChI is InChI=1S/C8H12F3N3/c1-5-6(4-14(2)13-5)3-7(12)8(9,10)11/h4,7H,3,12H2,1-2H3. The van der Waals surface area contributed by atoms with E-state index in [1.807, 2.05) is 0 Å². The zero-order chi connectivity index (χ0) is 10.9. The molecule has 1 atom stereocenters. The second-order valence-corrected chi connectivity index (χ2v) is 3.27. The Morgan fingerprint density at radius 1 is 1.57 bits per heavy atom. The number of nitrogens with zero attached hydrogens (tertiary/aromatic N) is 2. The highest BCUT2D eigenvalue weighted by atomic mass is 19.4. The van der Waals surface area contributed by atoms with Gasteiger partial charge in [-0.3, -0.25) is 4.68 Å². The minimum Gasteiger partial charge on any atom is -0.320 e. The topological polar surface area (TPSA) is 43.8 Å². The molecule has 0 amide bonds. The predicted molar refractivity (Wildman–Crippen MR) is 45.7 cm³/mol. The van der Waals surface area contributed by atoms with Crippen molar-refractivity contribution in [1.29, 1.82) is 0 Å². The molecule has 0 fully saturated rings. The molecule has 3 nitrogen and oxygen atoms in total. The van der Waals surface area contributed by atoms with Crippen molar-refractivity contribution < 1.29 is 13.2 Å². The van der Waals surface area contributed by atoms with E-state index in [4.69, 9.17) is 5.73 Å². The quantitative estimate of drug-likeness (QED) is 0.790. The van der Waals surface area contributed by atoms with Crippen LogP contribution in [0.25, 0.3) is 0 Å². The maximum absolute atomic E-state index is 12.1. The van der Waals surface area contributed by atoms with Gasteiger partial charge in [-0.05, 0) is 18.9 Å². The van der Waals surface area contributed by atoms with Crippen LogP contribution in [-0.2, 0) is 13.5 Å². The summed E-state index contributed by atoms with van der Waals surface area (Å²) < 4.78 is 37.8. The summed E-state index contributed by atoms with van der Waals surface area (Å²) in [6.45, 7) is 1.67. The van der Waals surface area contributed by atoms with E-state index in [9.17, 15) is 13.2 Å². The van der Waals surface area contributed by atoms with Crippen LogP contribution in [0.1, 0.15) is 11.3 Å². The Morgan fingerprint density at radius 3 is 2.50 bits per heavy atom. The lowest BCUT2D eigenvalue weighted by Crippen LogP contribution is -2.39. The summed E-state index contributed by atoms with van der Waals surface area (Å²) in [4.78, 5) is 0. The fraction of sp³-hybridized carbons (Fsp3) is 0.625. The number of halogens is 3. The molecule has 80 valence electrons. The molecule has 0 aliphatic heterocycles. The molecule has 1 unspecified atom stereocenters. The molecular formula is C8H12F3N3. The Morgan fingerprint density at radius 2 is 2.14 bits per heavy atom. The van der Waals surface area contributed by atoms with Crippen molar-refractivity contribution in [2.45, 2.75) is 25.6 Å². The Balaban J connectivity index is 2.74.